The lowest BCUT2D eigenvalue weighted by molar-refractivity contribution is 0.0526. The fourth-order valence-corrected chi connectivity index (χ4v) is 1.94. The first-order valence-corrected chi connectivity index (χ1v) is 7.23. The molecular formula is C19H19NO2. The summed E-state index contributed by atoms with van der Waals surface area (Å²) in [6.07, 6.45) is 0. The van der Waals surface area contributed by atoms with Crippen molar-refractivity contribution < 1.29 is 9.53 Å². The molecule has 0 amide bonds. The summed E-state index contributed by atoms with van der Waals surface area (Å²) < 4.78 is 4.97. The average Bonchev–Trinajstić information content (AvgIpc) is 2.56. The van der Waals surface area contributed by atoms with Gasteiger partial charge in [-0.25, -0.2) is 4.79 Å². The molecule has 0 atom stereocenters. The van der Waals surface area contributed by atoms with Crippen molar-refractivity contribution in [1.29, 1.82) is 0 Å². The molecule has 0 spiro atoms. The van der Waals surface area contributed by atoms with Crippen LogP contribution in [0.3, 0.4) is 0 Å². The number of benzene rings is 2. The second-order valence-corrected chi connectivity index (χ2v) is 4.79. The lowest BCUT2D eigenvalue weighted by atomic mass is 10.2. The highest BCUT2D eigenvalue weighted by Gasteiger charge is 2.06. The van der Waals surface area contributed by atoms with E-state index in [1.807, 2.05) is 54.4 Å². The third-order valence-corrected chi connectivity index (χ3v) is 3.14. The normalized spacial score (nSPS) is 9.55. The molecule has 0 bridgehead atoms. The highest BCUT2D eigenvalue weighted by molar-refractivity contribution is 5.89. The highest BCUT2D eigenvalue weighted by Crippen LogP contribution is 2.14. The Bertz CT molecular complexity index is 666. The van der Waals surface area contributed by atoms with Crippen LogP contribution in [-0.2, 0) is 4.74 Å². The minimum atomic E-state index is -0.291. The van der Waals surface area contributed by atoms with Gasteiger partial charge in [0.15, 0.2) is 0 Å². The first-order chi connectivity index (χ1) is 10.7. The Morgan fingerprint density at radius 3 is 2.41 bits per heavy atom. The lowest BCUT2D eigenvalue weighted by Crippen LogP contribution is -2.17. The van der Waals surface area contributed by atoms with Gasteiger partial charge in [-0.05, 0) is 43.3 Å². The molecule has 0 saturated heterocycles. The minimum Gasteiger partial charge on any atom is -0.462 e. The smallest absolute Gasteiger partial charge is 0.338 e. The largest absolute Gasteiger partial charge is 0.462 e. The topological polar surface area (TPSA) is 29.5 Å². The van der Waals surface area contributed by atoms with Gasteiger partial charge in [0.1, 0.15) is 0 Å². The Morgan fingerprint density at radius 1 is 1.09 bits per heavy atom. The molecule has 3 nitrogen and oxygen atoms in total. The zero-order chi connectivity index (χ0) is 15.8. The van der Waals surface area contributed by atoms with E-state index in [9.17, 15) is 4.79 Å². The summed E-state index contributed by atoms with van der Waals surface area (Å²) in [5.41, 5.74) is 2.58. The summed E-state index contributed by atoms with van der Waals surface area (Å²) in [7, 11) is 1.97. The summed E-state index contributed by atoms with van der Waals surface area (Å²) >= 11 is 0. The molecule has 2 aromatic carbocycles. The fourth-order valence-electron chi connectivity index (χ4n) is 1.94. The molecule has 3 heteroatoms. The van der Waals surface area contributed by atoms with Crippen molar-refractivity contribution >= 4 is 11.7 Å². The summed E-state index contributed by atoms with van der Waals surface area (Å²) in [4.78, 5) is 13.6. The molecule has 2 rings (SSSR count). The van der Waals surface area contributed by atoms with E-state index < -0.39 is 0 Å². The van der Waals surface area contributed by atoms with E-state index in [-0.39, 0.29) is 5.97 Å². The molecular weight excluding hydrogens is 274 g/mol. The van der Waals surface area contributed by atoms with Crippen molar-refractivity contribution in [1.82, 2.24) is 0 Å². The van der Waals surface area contributed by atoms with Crippen LogP contribution >= 0.6 is 0 Å². The summed E-state index contributed by atoms with van der Waals surface area (Å²) in [6.45, 7) is 2.80. The number of ether oxygens (including phenoxy) is 1. The Kier molecular flexibility index (Phi) is 5.62. The van der Waals surface area contributed by atoms with Crippen LogP contribution in [0.15, 0.2) is 54.6 Å². The van der Waals surface area contributed by atoms with Crippen LogP contribution in [0.2, 0.25) is 0 Å². The molecule has 112 valence electrons. The van der Waals surface area contributed by atoms with Crippen LogP contribution < -0.4 is 4.90 Å². The van der Waals surface area contributed by atoms with Crippen molar-refractivity contribution in [3.8, 4) is 11.8 Å². The molecule has 0 aromatic heterocycles. The highest BCUT2D eigenvalue weighted by atomic mass is 16.5. The average molecular weight is 293 g/mol. The maximum atomic E-state index is 11.6. The molecule has 0 radical (unpaired) electrons. The Morgan fingerprint density at radius 2 is 1.77 bits per heavy atom. The summed E-state index contributed by atoms with van der Waals surface area (Å²) in [6, 6.07) is 17.2. The van der Waals surface area contributed by atoms with Gasteiger partial charge in [-0.2, -0.15) is 0 Å². The van der Waals surface area contributed by atoms with E-state index in [0.29, 0.717) is 18.7 Å². The number of hydrogen-bond donors (Lipinski definition) is 0. The van der Waals surface area contributed by atoms with Crippen LogP contribution in [0.1, 0.15) is 22.8 Å². The van der Waals surface area contributed by atoms with E-state index in [0.717, 1.165) is 11.3 Å². The van der Waals surface area contributed by atoms with Crippen molar-refractivity contribution in [3.63, 3.8) is 0 Å². The third kappa shape index (κ3) is 4.39. The van der Waals surface area contributed by atoms with E-state index in [1.165, 1.54) is 0 Å². The summed E-state index contributed by atoms with van der Waals surface area (Å²) in [5.74, 6) is 5.98. The fraction of sp³-hybridized carbons (Fsp3) is 0.211. The van der Waals surface area contributed by atoms with Gasteiger partial charge in [-0.15, -0.1) is 0 Å². The van der Waals surface area contributed by atoms with E-state index in [1.54, 1.807) is 19.1 Å². The van der Waals surface area contributed by atoms with Crippen molar-refractivity contribution in [3.05, 3.63) is 65.7 Å². The van der Waals surface area contributed by atoms with Crippen LogP contribution in [-0.4, -0.2) is 26.2 Å². The quantitative estimate of drug-likeness (QED) is 0.639. The Balaban J connectivity index is 1.97. The number of anilines is 1. The number of carbonyl (C=O) groups excluding carboxylic acids is 1. The Hall–Kier alpha value is -2.73. The monoisotopic (exact) mass is 293 g/mol. The summed E-state index contributed by atoms with van der Waals surface area (Å²) in [5, 5.41) is 0. The molecule has 0 aliphatic heterocycles. The second-order valence-electron chi connectivity index (χ2n) is 4.79. The van der Waals surface area contributed by atoms with Crippen LogP contribution in [0.5, 0.6) is 0 Å². The zero-order valence-corrected chi connectivity index (χ0v) is 12.9. The molecule has 0 aliphatic rings. The van der Waals surface area contributed by atoms with E-state index in [4.69, 9.17) is 4.74 Å². The molecule has 2 aromatic rings. The van der Waals surface area contributed by atoms with Crippen molar-refractivity contribution in [2.45, 2.75) is 6.92 Å². The predicted octanol–water partition coefficient (Wildman–Crippen LogP) is 3.35. The maximum Gasteiger partial charge on any atom is 0.338 e. The molecule has 0 unspecified atom stereocenters. The lowest BCUT2D eigenvalue weighted by Gasteiger charge is -2.16. The van der Waals surface area contributed by atoms with Gasteiger partial charge in [0.2, 0.25) is 0 Å². The van der Waals surface area contributed by atoms with Gasteiger partial charge >= 0.3 is 5.97 Å². The van der Waals surface area contributed by atoms with Crippen molar-refractivity contribution in [2.75, 3.05) is 25.1 Å². The van der Waals surface area contributed by atoms with Gasteiger partial charge in [0.25, 0.3) is 0 Å². The van der Waals surface area contributed by atoms with Crippen LogP contribution in [0.4, 0.5) is 5.69 Å². The SMILES string of the molecule is CCOC(=O)c1ccc(N(C)CC#Cc2ccccc2)cc1. The van der Waals surface area contributed by atoms with E-state index in [2.05, 4.69) is 11.8 Å². The first kappa shape index (κ1) is 15.7. The van der Waals surface area contributed by atoms with Gasteiger partial charge in [0, 0.05) is 18.3 Å². The number of carbonyl (C=O) groups is 1. The number of esters is 1. The third-order valence-electron chi connectivity index (χ3n) is 3.14. The molecule has 0 aliphatic carbocycles. The van der Waals surface area contributed by atoms with Gasteiger partial charge in [-0.1, -0.05) is 30.0 Å². The molecule has 0 heterocycles. The van der Waals surface area contributed by atoms with Gasteiger partial charge < -0.3 is 9.64 Å². The number of rotatable bonds is 4. The molecule has 0 saturated carbocycles. The molecule has 0 fully saturated rings. The maximum absolute atomic E-state index is 11.6. The van der Waals surface area contributed by atoms with Crippen molar-refractivity contribution in [2.24, 2.45) is 0 Å². The molecule has 22 heavy (non-hydrogen) atoms. The first-order valence-electron chi connectivity index (χ1n) is 7.23. The molecule has 0 N–H and O–H groups in total. The second kappa shape index (κ2) is 7.90. The standard InChI is InChI=1S/C19H19NO2/c1-3-22-19(21)17-11-13-18(14-12-17)20(2)15-7-10-16-8-5-4-6-9-16/h4-6,8-9,11-14H,3,15H2,1-2H3. The van der Waals surface area contributed by atoms with Gasteiger partial charge in [-0.3, -0.25) is 0 Å². The predicted molar refractivity (Wildman–Crippen MR) is 89.0 cm³/mol. The van der Waals surface area contributed by atoms with Gasteiger partial charge in [0.05, 0.1) is 18.7 Å². The number of hydrogen-bond acceptors (Lipinski definition) is 3. The van der Waals surface area contributed by atoms with Crippen LogP contribution in [0.25, 0.3) is 0 Å². The van der Waals surface area contributed by atoms with Crippen LogP contribution in [0, 0.1) is 11.8 Å². The Labute approximate surface area is 131 Å². The van der Waals surface area contributed by atoms with E-state index >= 15 is 0 Å². The number of nitrogens with zero attached hydrogens (tertiary/aromatic N) is 1. The minimum absolute atomic E-state index is 0.291. The zero-order valence-electron chi connectivity index (χ0n) is 12.9.